The number of carbonyl (C=O) groups excluding carboxylic acids is 2. The topological polar surface area (TPSA) is 66.4 Å². The van der Waals surface area contributed by atoms with Gasteiger partial charge in [-0.15, -0.1) is 0 Å². The number of aryl methyl sites for hydroxylation is 2. The smallest absolute Gasteiger partial charge is 0.253 e. The van der Waals surface area contributed by atoms with Gasteiger partial charge in [0, 0.05) is 54.6 Å². The molecule has 31 heavy (non-hydrogen) atoms. The van der Waals surface area contributed by atoms with E-state index in [0.29, 0.717) is 44.0 Å². The van der Waals surface area contributed by atoms with Crippen LogP contribution in [0.25, 0.3) is 0 Å². The second-order valence-corrected chi connectivity index (χ2v) is 8.07. The normalized spacial score (nSPS) is 16.3. The molecular weight excluding hydrogens is 395 g/mol. The van der Waals surface area contributed by atoms with Gasteiger partial charge in [0.25, 0.3) is 5.91 Å². The summed E-state index contributed by atoms with van der Waals surface area (Å²) >= 11 is 0. The van der Waals surface area contributed by atoms with E-state index < -0.39 is 5.82 Å². The molecule has 3 rings (SSSR count). The molecule has 1 saturated heterocycles. The summed E-state index contributed by atoms with van der Waals surface area (Å²) in [4.78, 5) is 38.4. The Morgan fingerprint density at radius 3 is 2.45 bits per heavy atom. The van der Waals surface area contributed by atoms with Crippen LogP contribution in [0.2, 0.25) is 0 Å². The quantitative estimate of drug-likeness (QED) is 0.707. The maximum absolute atomic E-state index is 13.5. The van der Waals surface area contributed by atoms with Gasteiger partial charge in [-0.1, -0.05) is 6.07 Å². The summed E-state index contributed by atoms with van der Waals surface area (Å²) in [5.74, 6) is 0.238. The number of hydrogen-bond donors (Lipinski definition) is 0. The van der Waals surface area contributed by atoms with Crippen LogP contribution in [-0.2, 0) is 11.2 Å². The third-order valence-electron chi connectivity index (χ3n) is 6.03. The number of benzene rings is 1. The zero-order valence-electron chi connectivity index (χ0n) is 18.8. The van der Waals surface area contributed by atoms with Gasteiger partial charge in [-0.2, -0.15) is 0 Å². The largest absolute Gasteiger partial charge is 0.343 e. The summed E-state index contributed by atoms with van der Waals surface area (Å²) in [7, 11) is 0. The predicted octanol–water partition coefficient (Wildman–Crippen LogP) is 3.66. The first-order chi connectivity index (χ1) is 14.8. The third kappa shape index (κ3) is 5.27. The number of rotatable bonds is 6. The Morgan fingerprint density at radius 1 is 1.16 bits per heavy atom. The van der Waals surface area contributed by atoms with Crippen LogP contribution in [0.3, 0.4) is 0 Å². The van der Waals surface area contributed by atoms with Crippen molar-refractivity contribution in [2.75, 3.05) is 26.2 Å². The van der Waals surface area contributed by atoms with Crippen molar-refractivity contribution in [3.63, 3.8) is 0 Å². The molecule has 0 bridgehead atoms. The van der Waals surface area contributed by atoms with E-state index >= 15 is 0 Å². The Balaban J connectivity index is 1.76. The van der Waals surface area contributed by atoms with Gasteiger partial charge >= 0.3 is 0 Å². The monoisotopic (exact) mass is 426 g/mol. The van der Waals surface area contributed by atoms with Gasteiger partial charge in [0.2, 0.25) is 5.91 Å². The van der Waals surface area contributed by atoms with E-state index in [-0.39, 0.29) is 17.7 Å². The molecule has 1 aromatic heterocycles. The number of piperidine rings is 1. The molecule has 1 fully saturated rings. The molecule has 6 nitrogen and oxygen atoms in total. The van der Waals surface area contributed by atoms with E-state index in [1.54, 1.807) is 17.0 Å². The number of nitrogens with zero attached hydrogens (tertiary/aromatic N) is 4. The average Bonchev–Trinajstić information content (AvgIpc) is 2.76. The second kappa shape index (κ2) is 9.98. The highest BCUT2D eigenvalue weighted by molar-refractivity contribution is 5.94. The number of amides is 2. The zero-order valence-corrected chi connectivity index (χ0v) is 18.8. The minimum atomic E-state index is -0.413. The summed E-state index contributed by atoms with van der Waals surface area (Å²) in [6.45, 7) is 10.3. The number of likely N-dealkylation sites (tertiary alicyclic amines) is 1. The summed E-state index contributed by atoms with van der Waals surface area (Å²) in [5.41, 5.74) is 2.87. The van der Waals surface area contributed by atoms with Crippen LogP contribution in [0.5, 0.6) is 0 Å². The number of aromatic nitrogens is 2. The van der Waals surface area contributed by atoms with E-state index in [4.69, 9.17) is 9.97 Å². The van der Waals surface area contributed by atoms with Gasteiger partial charge in [0.15, 0.2) is 0 Å². The number of halogens is 1. The molecule has 0 aliphatic carbocycles. The van der Waals surface area contributed by atoms with Crippen molar-refractivity contribution in [3.05, 3.63) is 58.4 Å². The molecule has 166 valence electrons. The Bertz CT molecular complexity index is 935. The molecule has 1 aliphatic heterocycles. The average molecular weight is 427 g/mol. The molecule has 0 unspecified atom stereocenters. The highest BCUT2D eigenvalue weighted by Crippen LogP contribution is 2.27. The summed E-state index contributed by atoms with van der Waals surface area (Å²) in [6, 6.07) is 5.81. The van der Waals surface area contributed by atoms with Crippen LogP contribution in [0, 0.1) is 19.7 Å². The maximum Gasteiger partial charge on any atom is 0.253 e. The summed E-state index contributed by atoms with van der Waals surface area (Å²) in [5, 5.41) is 0. The van der Waals surface area contributed by atoms with Crippen molar-refractivity contribution in [1.29, 1.82) is 0 Å². The molecule has 7 heteroatoms. The Labute approximate surface area is 183 Å². The third-order valence-corrected chi connectivity index (χ3v) is 6.03. The molecule has 0 spiro atoms. The van der Waals surface area contributed by atoms with Crippen LogP contribution in [0.1, 0.15) is 65.7 Å². The molecule has 2 amide bonds. The van der Waals surface area contributed by atoms with Crippen LogP contribution in [0.4, 0.5) is 4.39 Å². The Hall–Kier alpha value is -2.83. The molecule has 0 N–H and O–H groups in total. The molecule has 2 heterocycles. The first-order valence-corrected chi connectivity index (χ1v) is 11.0. The highest BCUT2D eigenvalue weighted by atomic mass is 19.1. The SMILES string of the molecule is CCN(CC)C(=O)Cc1c(C)nc([C@H]2CCCN(C(=O)c3cccc(F)c3)C2)nc1C. The van der Waals surface area contributed by atoms with Gasteiger partial charge in [-0.05, 0) is 58.7 Å². The van der Waals surface area contributed by atoms with E-state index in [1.807, 2.05) is 32.6 Å². The van der Waals surface area contributed by atoms with Crippen molar-refractivity contribution in [2.45, 2.75) is 52.9 Å². The fourth-order valence-electron chi connectivity index (χ4n) is 4.22. The molecule has 1 atom stereocenters. The number of hydrogen-bond acceptors (Lipinski definition) is 4. The van der Waals surface area contributed by atoms with Gasteiger partial charge in [-0.3, -0.25) is 9.59 Å². The molecule has 0 saturated carbocycles. The van der Waals surface area contributed by atoms with Crippen LogP contribution in [-0.4, -0.2) is 57.8 Å². The van der Waals surface area contributed by atoms with E-state index in [0.717, 1.165) is 29.8 Å². The zero-order chi connectivity index (χ0) is 22.5. The fourth-order valence-corrected chi connectivity index (χ4v) is 4.22. The first-order valence-electron chi connectivity index (χ1n) is 11.0. The lowest BCUT2D eigenvalue weighted by molar-refractivity contribution is -0.130. The Kier molecular flexibility index (Phi) is 7.36. The molecule has 1 aliphatic rings. The lowest BCUT2D eigenvalue weighted by atomic mass is 9.95. The van der Waals surface area contributed by atoms with Gasteiger partial charge in [0.05, 0.1) is 6.42 Å². The van der Waals surface area contributed by atoms with Crippen LogP contribution >= 0.6 is 0 Å². The minimum Gasteiger partial charge on any atom is -0.343 e. The van der Waals surface area contributed by atoms with Crippen molar-refractivity contribution >= 4 is 11.8 Å². The van der Waals surface area contributed by atoms with Crippen molar-refractivity contribution in [3.8, 4) is 0 Å². The summed E-state index contributed by atoms with van der Waals surface area (Å²) < 4.78 is 13.5. The molecule has 1 aromatic carbocycles. The highest BCUT2D eigenvalue weighted by Gasteiger charge is 2.28. The van der Waals surface area contributed by atoms with Gasteiger partial charge < -0.3 is 9.80 Å². The van der Waals surface area contributed by atoms with E-state index in [9.17, 15) is 14.0 Å². The van der Waals surface area contributed by atoms with Crippen molar-refractivity contribution in [1.82, 2.24) is 19.8 Å². The lowest BCUT2D eigenvalue weighted by Crippen LogP contribution is -2.39. The minimum absolute atomic E-state index is 0.0243. The Morgan fingerprint density at radius 2 is 1.84 bits per heavy atom. The van der Waals surface area contributed by atoms with Gasteiger partial charge in [0.1, 0.15) is 11.6 Å². The first kappa shape index (κ1) is 22.8. The van der Waals surface area contributed by atoms with Crippen molar-refractivity contribution < 1.29 is 14.0 Å². The number of likely N-dealkylation sites (N-methyl/N-ethyl adjacent to an activating group) is 1. The van der Waals surface area contributed by atoms with Crippen LogP contribution < -0.4 is 0 Å². The molecular formula is C24H31FN4O2. The standard InChI is InChI=1S/C24H31FN4O2/c1-5-28(6-2)22(30)14-21-16(3)26-23(27-17(21)4)19-10-8-12-29(15-19)24(31)18-9-7-11-20(25)13-18/h7,9,11,13,19H,5-6,8,10,12,14-15H2,1-4H3/t19-/m0/s1. The van der Waals surface area contributed by atoms with Crippen LogP contribution in [0.15, 0.2) is 24.3 Å². The maximum atomic E-state index is 13.5. The molecule has 0 radical (unpaired) electrons. The fraction of sp³-hybridized carbons (Fsp3) is 0.500. The lowest BCUT2D eigenvalue weighted by Gasteiger charge is -2.32. The van der Waals surface area contributed by atoms with E-state index in [2.05, 4.69) is 0 Å². The number of carbonyl (C=O) groups is 2. The molecule has 2 aromatic rings. The van der Waals surface area contributed by atoms with Gasteiger partial charge in [-0.25, -0.2) is 14.4 Å². The summed E-state index contributed by atoms with van der Waals surface area (Å²) in [6.07, 6.45) is 2.04. The van der Waals surface area contributed by atoms with E-state index in [1.165, 1.54) is 12.1 Å². The second-order valence-electron chi connectivity index (χ2n) is 8.07. The van der Waals surface area contributed by atoms with Crippen molar-refractivity contribution in [2.24, 2.45) is 0 Å². The predicted molar refractivity (Wildman–Crippen MR) is 117 cm³/mol.